The first-order valence-corrected chi connectivity index (χ1v) is 6.45. The van der Waals surface area contributed by atoms with Gasteiger partial charge >= 0.3 is 0 Å². The van der Waals surface area contributed by atoms with Crippen molar-refractivity contribution in [2.45, 2.75) is 13.8 Å². The maximum atomic E-state index is 11.6. The van der Waals surface area contributed by atoms with Crippen LogP contribution in [0.3, 0.4) is 0 Å². The number of pyridine rings is 1. The maximum absolute atomic E-state index is 11.6. The predicted octanol–water partition coefficient (Wildman–Crippen LogP) is 1.98. The molecular formula is C17H15NO2. The molecule has 0 saturated heterocycles. The van der Waals surface area contributed by atoms with Crippen molar-refractivity contribution >= 4 is 23.6 Å². The lowest BCUT2D eigenvalue weighted by molar-refractivity contribution is 0.575. The molecule has 0 bridgehead atoms. The van der Waals surface area contributed by atoms with Gasteiger partial charge in [0, 0.05) is 28.4 Å². The van der Waals surface area contributed by atoms with Crippen molar-refractivity contribution in [2.24, 2.45) is 0 Å². The van der Waals surface area contributed by atoms with Crippen LogP contribution in [0.25, 0.3) is 23.6 Å². The van der Waals surface area contributed by atoms with E-state index >= 15 is 0 Å². The van der Waals surface area contributed by atoms with Gasteiger partial charge in [-0.3, -0.25) is 4.79 Å². The molecule has 1 aromatic carbocycles. The van der Waals surface area contributed by atoms with Gasteiger partial charge in [0.2, 0.25) is 5.56 Å². The highest BCUT2D eigenvalue weighted by Gasteiger charge is 2.04. The summed E-state index contributed by atoms with van der Waals surface area (Å²) in [5.41, 5.74) is 4.12. The van der Waals surface area contributed by atoms with Crippen LogP contribution >= 0.6 is 0 Å². The SMILES string of the molecule is C=c1/c(=C\c2[nH]c(=O)cc(C)c2C)oc2ccccc12. The second-order valence-corrected chi connectivity index (χ2v) is 4.94. The molecule has 0 fully saturated rings. The van der Waals surface area contributed by atoms with Crippen LogP contribution in [0.15, 0.2) is 39.5 Å². The minimum absolute atomic E-state index is 0.110. The van der Waals surface area contributed by atoms with Crippen LogP contribution in [-0.2, 0) is 0 Å². The quantitative estimate of drug-likeness (QED) is 0.731. The lowest BCUT2D eigenvalue weighted by Gasteiger charge is -2.02. The number of benzene rings is 1. The van der Waals surface area contributed by atoms with Gasteiger partial charge in [-0.2, -0.15) is 0 Å². The molecule has 20 heavy (non-hydrogen) atoms. The van der Waals surface area contributed by atoms with Crippen molar-refractivity contribution in [1.82, 2.24) is 4.98 Å². The lowest BCUT2D eigenvalue weighted by Crippen LogP contribution is -2.19. The lowest BCUT2D eigenvalue weighted by atomic mass is 10.1. The molecule has 0 saturated carbocycles. The molecule has 0 unspecified atom stereocenters. The molecule has 3 heteroatoms. The van der Waals surface area contributed by atoms with E-state index in [4.69, 9.17) is 4.42 Å². The Labute approximate surface area is 115 Å². The summed E-state index contributed by atoms with van der Waals surface area (Å²) < 4.78 is 5.80. The number of para-hydroxylation sites is 1. The highest BCUT2D eigenvalue weighted by atomic mass is 16.3. The zero-order valence-corrected chi connectivity index (χ0v) is 11.5. The molecule has 0 spiro atoms. The average Bonchev–Trinajstić information content (AvgIpc) is 2.73. The summed E-state index contributed by atoms with van der Waals surface area (Å²) in [5, 5.41) is 1.83. The first-order valence-electron chi connectivity index (χ1n) is 6.45. The van der Waals surface area contributed by atoms with Crippen LogP contribution in [0.4, 0.5) is 0 Å². The summed E-state index contributed by atoms with van der Waals surface area (Å²) >= 11 is 0. The Hall–Kier alpha value is -2.55. The van der Waals surface area contributed by atoms with Gasteiger partial charge < -0.3 is 9.40 Å². The van der Waals surface area contributed by atoms with Gasteiger partial charge in [-0.1, -0.05) is 24.8 Å². The van der Waals surface area contributed by atoms with Crippen LogP contribution in [0.5, 0.6) is 0 Å². The molecule has 0 radical (unpaired) electrons. The molecule has 2 aromatic heterocycles. The Morgan fingerprint density at radius 3 is 2.75 bits per heavy atom. The minimum atomic E-state index is -0.110. The number of hydrogen-bond donors (Lipinski definition) is 1. The first-order chi connectivity index (χ1) is 9.56. The van der Waals surface area contributed by atoms with Crippen molar-refractivity contribution in [3.8, 4) is 0 Å². The van der Waals surface area contributed by atoms with Crippen molar-refractivity contribution in [3.63, 3.8) is 0 Å². The summed E-state index contributed by atoms with van der Waals surface area (Å²) in [6.45, 7) is 7.96. The Bertz CT molecular complexity index is 961. The average molecular weight is 265 g/mol. The van der Waals surface area contributed by atoms with Gasteiger partial charge in [-0.05, 0) is 31.0 Å². The van der Waals surface area contributed by atoms with Crippen LogP contribution < -0.4 is 16.2 Å². The number of H-pyrrole nitrogens is 1. The number of rotatable bonds is 1. The number of aryl methyl sites for hydroxylation is 1. The number of fused-ring (bicyclic) bond motifs is 1. The molecule has 3 aromatic rings. The van der Waals surface area contributed by atoms with Gasteiger partial charge in [-0.15, -0.1) is 0 Å². The molecular weight excluding hydrogens is 250 g/mol. The van der Waals surface area contributed by atoms with Crippen LogP contribution in [0, 0.1) is 13.8 Å². The maximum Gasteiger partial charge on any atom is 0.248 e. The molecule has 0 atom stereocenters. The standard InChI is InChI=1S/C17H15NO2/c1-10-8-17(19)18-14(11(10)2)9-16-12(3)13-6-4-5-7-15(13)20-16/h4-9H,3H2,1-2H3,(H,18,19)/b16-9+. The summed E-state index contributed by atoms with van der Waals surface area (Å²) in [7, 11) is 0. The van der Waals surface area contributed by atoms with Crippen LogP contribution in [0.1, 0.15) is 16.8 Å². The fourth-order valence-electron chi connectivity index (χ4n) is 2.29. The Balaban J connectivity index is 2.34. The van der Waals surface area contributed by atoms with Crippen LogP contribution in [-0.4, -0.2) is 4.98 Å². The van der Waals surface area contributed by atoms with Gasteiger partial charge in [0.1, 0.15) is 11.0 Å². The largest absolute Gasteiger partial charge is 0.456 e. The van der Waals surface area contributed by atoms with Crippen molar-refractivity contribution in [2.75, 3.05) is 0 Å². The second kappa shape index (κ2) is 4.53. The number of aromatic nitrogens is 1. The van der Waals surface area contributed by atoms with Crippen molar-refractivity contribution in [3.05, 3.63) is 68.1 Å². The van der Waals surface area contributed by atoms with E-state index in [9.17, 15) is 4.79 Å². The van der Waals surface area contributed by atoms with Crippen molar-refractivity contribution < 1.29 is 4.42 Å². The highest BCUT2D eigenvalue weighted by Crippen LogP contribution is 2.09. The van der Waals surface area contributed by atoms with E-state index in [-0.39, 0.29) is 5.56 Å². The second-order valence-electron chi connectivity index (χ2n) is 4.94. The number of hydrogen-bond acceptors (Lipinski definition) is 2. The zero-order chi connectivity index (χ0) is 14.3. The van der Waals surface area contributed by atoms with E-state index in [1.54, 1.807) is 6.07 Å². The Morgan fingerprint density at radius 2 is 2.00 bits per heavy atom. The molecule has 0 aliphatic rings. The van der Waals surface area contributed by atoms with E-state index in [0.29, 0.717) is 5.42 Å². The normalized spacial score (nSPS) is 12.2. The van der Waals surface area contributed by atoms with E-state index in [0.717, 1.165) is 33.0 Å². The first kappa shape index (κ1) is 12.5. The zero-order valence-electron chi connectivity index (χ0n) is 11.5. The van der Waals surface area contributed by atoms with Gasteiger partial charge in [0.25, 0.3) is 0 Å². The molecule has 0 aliphatic carbocycles. The third-order valence-corrected chi connectivity index (χ3v) is 3.61. The van der Waals surface area contributed by atoms with Gasteiger partial charge in [-0.25, -0.2) is 0 Å². The molecule has 0 amide bonds. The number of nitrogens with one attached hydrogen (secondary N) is 1. The van der Waals surface area contributed by atoms with E-state index in [2.05, 4.69) is 11.6 Å². The topological polar surface area (TPSA) is 46.0 Å². The van der Waals surface area contributed by atoms with Gasteiger partial charge in [0.15, 0.2) is 0 Å². The van der Waals surface area contributed by atoms with E-state index < -0.39 is 0 Å². The summed E-state index contributed by atoms with van der Waals surface area (Å²) in [5.74, 6) is 0. The number of aromatic amines is 1. The Kier molecular flexibility index (Phi) is 2.83. The number of furan rings is 1. The molecule has 2 heterocycles. The monoisotopic (exact) mass is 265 g/mol. The summed E-state index contributed by atoms with van der Waals surface area (Å²) in [6.07, 6.45) is 1.84. The predicted molar refractivity (Wildman–Crippen MR) is 81.1 cm³/mol. The molecule has 100 valence electrons. The molecule has 1 N–H and O–H groups in total. The Morgan fingerprint density at radius 1 is 1.25 bits per heavy atom. The minimum Gasteiger partial charge on any atom is -0.456 e. The van der Waals surface area contributed by atoms with Gasteiger partial charge in [0.05, 0.1) is 0 Å². The summed E-state index contributed by atoms with van der Waals surface area (Å²) in [4.78, 5) is 14.4. The smallest absolute Gasteiger partial charge is 0.248 e. The third kappa shape index (κ3) is 1.97. The summed E-state index contributed by atoms with van der Waals surface area (Å²) in [6, 6.07) is 9.36. The van der Waals surface area contributed by atoms with E-state index in [1.165, 1.54) is 0 Å². The molecule has 0 aliphatic heterocycles. The molecule has 3 rings (SSSR count). The van der Waals surface area contributed by atoms with Crippen LogP contribution in [0.2, 0.25) is 0 Å². The molecule has 3 nitrogen and oxygen atoms in total. The van der Waals surface area contributed by atoms with Crippen molar-refractivity contribution in [1.29, 1.82) is 0 Å². The van der Waals surface area contributed by atoms with E-state index in [1.807, 2.05) is 44.2 Å². The fourth-order valence-corrected chi connectivity index (χ4v) is 2.29. The fraction of sp³-hybridized carbons (Fsp3) is 0.118. The third-order valence-electron chi connectivity index (χ3n) is 3.61. The highest BCUT2D eigenvalue weighted by molar-refractivity contribution is 5.78.